The van der Waals surface area contributed by atoms with Gasteiger partial charge in [0, 0.05) is 12.3 Å². The highest BCUT2D eigenvalue weighted by Gasteiger charge is 2.14. The lowest BCUT2D eigenvalue weighted by Gasteiger charge is -2.13. The summed E-state index contributed by atoms with van der Waals surface area (Å²) in [7, 11) is 0. The molecule has 4 aromatic rings. The SMILES string of the molecule is CCCOc1ccccc1-n1ccc(=O)c(-c2ccnn2-c2ccccc2)n1. The quantitative estimate of drug-likeness (QED) is 0.515. The predicted molar refractivity (Wildman–Crippen MR) is 108 cm³/mol. The number of aromatic nitrogens is 4. The number of rotatable bonds is 6. The van der Waals surface area contributed by atoms with Gasteiger partial charge in [-0.05, 0) is 36.8 Å². The van der Waals surface area contributed by atoms with Gasteiger partial charge in [-0.2, -0.15) is 10.2 Å². The monoisotopic (exact) mass is 372 g/mol. The second-order valence-corrected chi connectivity index (χ2v) is 6.25. The molecule has 28 heavy (non-hydrogen) atoms. The van der Waals surface area contributed by atoms with Gasteiger partial charge in [-0.25, -0.2) is 9.36 Å². The van der Waals surface area contributed by atoms with Crippen molar-refractivity contribution < 1.29 is 4.74 Å². The van der Waals surface area contributed by atoms with E-state index >= 15 is 0 Å². The number of para-hydroxylation sites is 3. The van der Waals surface area contributed by atoms with Crippen molar-refractivity contribution in [3.05, 3.63) is 89.3 Å². The van der Waals surface area contributed by atoms with Crippen molar-refractivity contribution in [2.24, 2.45) is 0 Å². The highest BCUT2D eigenvalue weighted by atomic mass is 16.5. The maximum Gasteiger partial charge on any atom is 0.209 e. The van der Waals surface area contributed by atoms with E-state index in [9.17, 15) is 4.79 Å². The van der Waals surface area contributed by atoms with Gasteiger partial charge >= 0.3 is 0 Å². The van der Waals surface area contributed by atoms with Gasteiger partial charge in [-0.1, -0.05) is 37.3 Å². The lowest BCUT2D eigenvalue weighted by atomic mass is 10.2. The third-order valence-electron chi connectivity index (χ3n) is 4.27. The fraction of sp³-hybridized carbons (Fsp3) is 0.136. The van der Waals surface area contributed by atoms with Crippen molar-refractivity contribution in [2.45, 2.75) is 13.3 Å². The molecule has 0 saturated heterocycles. The Morgan fingerprint density at radius 3 is 2.57 bits per heavy atom. The van der Waals surface area contributed by atoms with Gasteiger partial charge in [0.1, 0.15) is 11.4 Å². The molecule has 0 fully saturated rings. The van der Waals surface area contributed by atoms with E-state index in [0.717, 1.165) is 23.5 Å². The summed E-state index contributed by atoms with van der Waals surface area (Å²) >= 11 is 0. The Bertz CT molecular complexity index is 1130. The van der Waals surface area contributed by atoms with Gasteiger partial charge < -0.3 is 4.74 Å². The molecule has 0 saturated carbocycles. The number of hydrogen-bond acceptors (Lipinski definition) is 4. The van der Waals surface area contributed by atoms with E-state index in [1.54, 1.807) is 27.8 Å². The van der Waals surface area contributed by atoms with Crippen LogP contribution >= 0.6 is 0 Å². The summed E-state index contributed by atoms with van der Waals surface area (Å²) in [5.41, 5.74) is 2.45. The molecule has 0 N–H and O–H groups in total. The smallest absolute Gasteiger partial charge is 0.209 e. The van der Waals surface area contributed by atoms with Crippen molar-refractivity contribution in [1.29, 1.82) is 0 Å². The van der Waals surface area contributed by atoms with Crippen LogP contribution in [0.4, 0.5) is 0 Å². The molecule has 0 aliphatic heterocycles. The molecule has 0 amide bonds. The minimum Gasteiger partial charge on any atom is -0.491 e. The standard InChI is InChI=1S/C22H20N4O2/c1-2-16-28-21-11-7-6-10-18(21)25-15-13-20(27)22(24-25)19-12-14-23-26(19)17-8-4-3-5-9-17/h3-15H,2,16H2,1H3. The first kappa shape index (κ1) is 17.7. The summed E-state index contributed by atoms with van der Waals surface area (Å²) < 4.78 is 9.22. The number of ether oxygens (including phenoxy) is 1. The van der Waals surface area contributed by atoms with Crippen molar-refractivity contribution in [1.82, 2.24) is 19.6 Å². The topological polar surface area (TPSA) is 61.9 Å². The van der Waals surface area contributed by atoms with Gasteiger partial charge in [0.25, 0.3) is 0 Å². The molecule has 2 aromatic heterocycles. The van der Waals surface area contributed by atoms with Crippen LogP contribution < -0.4 is 10.2 Å². The molecule has 0 aliphatic rings. The summed E-state index contributed by atoms with van der Waals surface area (Å²) in [5, 5.41) is 8.97. The van der Waals surface area contributed by atoms with E-state index in [-0.39, 0.29) is 5.43 Å². The van der Waals surface area contributed by atoms with Crippen LogP contribution in [0.1, 0.15) is 13.3 Å². The largest absolute Gasteiger partial charge is 0.491 e. The summed E-state index contributed by atoms with van der Waals surface area (Å²) in [4.78, 5) is 12.6. The number of hydrogen-bond donors (Lipinski definition) is 0. The van der Waals surface area contributed by atoms with Crippen LogP contribution in [0.2, 0.25) is 0 Å². The Morgan fingerprint density at radius 2 is 1.75 bits per heavy atom. The van der Waals surface area contributed by atoms with Gasteiger partial charge in [-0.3, -0.25) is 4.79 Å². The molecule has 0 spiro atoms. The molecule has 0 bridgehead atoms. The predicted octanol–water partition coefficient (Wildman–Crippen LogP) is 3.87. The lowest BCUT2D eigenvalue weighted by molar-refractivity contribution is 0.316. The second-order valence-electron chi connectivity index (χ2n) is 6.25. The van der Waals surface area contributed by atoms with E-state index in [1.165, 1.54) is 6.07 Å². The Balaban J connectivity index is 1.81. The molecule has 0 unspecified atom stereocenters. The average Bonchev–Trinajstić information content (AvgIpc) is 3.23. The van der Waals surface area contributed by atoms with Gasteiger partial charge in [0.05, 0.1) is 24.2 Å². The fourth-order valence-electron chi connectivity index (χ4n) is 2.96. The Kier molecular flexibility index (Phi) is 5.01. The highest BCUT2D eigenvalue weighted by Crippen LogP contribution is 2.23. The highest BCUT2D eigenvalue weighted by molar-refractivity contribution is 5.57. The molecule has 2 heterocycles. The van der Waals surface area contributed by atoms with Crippen LogP contribution in [-0.4, -0.2) is 26.2 Å². The zero-order chi connectivity index (χ0) is 19.3. The molecule has 4 rings (SSSR count). The first-order valence-electron chi connectivity index (χ1n) is 9.20. The van der Waals surface area contributed by atoms with Crippen LogP contribution in [0.3, 0.4) is 0 Å². The summed E-state index contributed by atoms with van der Waals surface area (Å²) in [6.07, 6.45) is 4.23. The van der Waals surface area contributed by atoms with Gasteiger partial charge in [0.15, 0.2) is 5.69 Å². The van der Waals surface area contributed by atoms with Crippen LogP contribution in [0.5, 0.6) is 5.75 Å². The molecular weight excluding hydrogens is 352 g/mol. The Hall–Kier alpha value is -3.67. The first-order valence-corrected chi connectivity index (χ1v) is 9.20. The normalized spacial score (nSPS) is 10.8. The van der Waals surface area contributed by atoms with Crippen LogP contribution in [0.15, 0.2) is 83.9 Å². The molecule has 2 aromatic carbocycles. The Labute approximate surface area is 162 Å². The third-order valence-corrected chi connectivity index (χ3v) is 4.27. The molecule has 0 radical (unpaired) electrons. The molecule has 6 heteroatoms. The molecule has 0 atom stereocenters. The molecule has 140 valence electrons. The minimum absolute atomic E-state index is 0.166. The van der Waals surface area contributed by atoms with E-state index in [4.69, 9.17) is 4.74 Å². The summed E-state index contributed by atoms with van der Waals surface area (Å²) in [5.74, 6) is 0.725. The molecule has 6 nitrogen and oxygen atoms in total. The average molecular weight is 372 g/mol. The molecule has 0 aliphatic carbocycles. The number of benzene rings is 2. The van der Waals surface area contributed by atoms with E-state index in [0.29, 0.717) is 18.0 Å². The van der Waals surface area contributed by atoms with E-state index < -0.39 is 0 Å². The zero-order valence-corrected chi connectivity index (χ0v) is 15.5. The van der Waals surface area contributed by atoms with Crippen molar-refractivity contribution >= 4 is 0 Å². The van der Waals surface area contributed by atoms with E-state index in [2.05, 4.69) is 17.1 Å². The molecular formula is C22H20N4O2. The Morgan fingerprint density at radius 1 is 0.964 bits per heavy atom. The first-order chi connectivity index (χ1) is 13.8. The maximum absolute atomic E-state index is 12.6. The second kappa shape index (κ2) is 7.92. The number of nitrogens with zero attached hydrogens (tertiary/aromatic N) is 4. The van der Waals surface area contributed by atoms with Crippen LogP contribution in [0.25, 0.3) is 22.8 Å². The third kappa shape index (κ3) is 3.44. The van der Waals surface area contributed by atoms with Crippen LogP contribution in [0, 0.1) is 0 Å². The van der Waals surface area contributed by atoms with Crippen molar-refractivity contribution in [3.63, 3.8) is 0 Å². The maximum atomic E-state index is 12.6. The van der Waals surface area contributed by atoms with Gasteiger partial charge in [0.2, 0.25) is 5.43 Å². The van der Waals surface area contributed by atoms with Gasteiger partial charge in [-0.15, -0.1) is 0 Å². The fourth-order valence-corrected chi connectivity index (χ4v) is 2.96. The van der Waals surface area contributed by atoms with Crippen molar-refractivity contribution in [2.75, 3.05) is 6.61 Å². The summed E-state index contributed by atoms with van der Waals surface area (Å²) in [6, 6.07) is 20.6. The van der Waals surface area contributed by atoms with Crippen molar-refractivity contribution in [3.8, 4) is 28.5 Å². The van der Waals surface area contributed by atoms with E-state index in [1.807, 2.05) is 54.6 Å². The van der Waals surface area contributed by atoms with Crippen LogP contribution in [-0.2, 0) is 0 Å². The minimum atomic E-state index is -0.166. The zero-order valence-electron chi connectivity index (χ0n) is 15.5. The lowest BCUT2D eigenvalue weighted by Crippen LogP contribution is -2.15. The summed E-state index contributed by atoms with van der Waals surface area (Å²) in [6.45, 7) is 2.67.